The molecule has 0 aliphatic heterocycles. The first kappa shape index (κ1) is 17.9. The molecule has 3 aromatic carbocycles. The molecule has 1 aromatic heterocycles. The van der Waals surface area contributed by atoms with Crippen molar-refractivity contribution in [3.63, 3.8) is 0 Å². The summed E-state index contributed by atoms with van der Waals surface area (Å²) >= 11 is 3.37. The van der Waals surface area contributed by atoms with E-state index in [2.05, 4.69) is 36.5 Å². The molecular weight excluding hydrogens is 422 g/mol. The molecule has 0 saturated heterocycles. The minimum Gasteiger partial charge on any atom is -0.334 e. The van der Waals surface area contributed by atoms with E-state index in [0.29, 0.717) is 5.69 Å². The van der Waals surface area contributed by atoms with E-state index < -0.39 is 4.92 Å². The van der Waals surface area contributed by atoms with Crippen molar-refractivity contribution in [2.45, 2.75) is 0 Å². The van der Waals surface area contributed by atoms with Crippen LogP contribution < -0.4 is 10.6 Å². The lowest BCUT2D eigenvalue weighted by atomic mass is 10.1. The molecule has 0 spiro atoms. The second kappa shape index (κ2) is 7.61. The number of halogens is 1. The SMILES string of the molecule is O=[N+]([O-])c1c(Nc2ccc(Br)cc2)ncnc1Nc1cccc2ccccc12. The van der Waals surface area contributed by atoms with Gasteiger partial charge in [-0.3, -0.25) is 10.1 Å². The smallest absolute Gasteiger partial charge is 0.334 e. The van der Waals surface area contributed by atoms with Crippen LogP contribution in [0.4, 0.5) is 28.7 Å². The Bertz CT molecular complexity index is 1160. The fourth-order valence-electron chi connectivity index (χ4n) is 2.87. The Hall–Kier alpha value is -3.52. The number of nitrogens with zero attached hydrogens (tertiary/aromatic N) is 3. The molecule has 8 heteroatoms. The minimum absolute atomic E-state index is 0.116. The summed E-state index contributed by atoms with van der Waals surface area (Å²) in [4.78, 5) is 19.5. The van der Waals surface area contributed by atoms with Crippen molar-refractivity contribution < 1.29 is 4.92 Å². The number of nitro groups is 1. The Kier molecular flexibility index (Phi) is 4.86. The summed E-state index contributed by atoms with van der Waals surface area (Å²) in [6.07, 6.45) is 1.29. The highest BCUT2D eigenvalue weighted by molar-refractivity contribution is 9.10. The molecule has 0 radical (unpaired) electrons. The number of aromatic nitrogens is 2. The molecule has 138 valence electrons. The van der Waals surface area contributed by atoms with Crippen molar-refractivity contribution in [3.05, 3.63) is 87.6 Å². The predicted molar refractivity (Wildman–Crippen MR) is 113 cm³/mol. The molecule has 0 aliphatic rings. The van der Waals surface area contributed by atoms with Crippen molar-refractivity contribution in [1.29, 1.82) is 0 Å². The number of hydrogen-bond acceptors (Lipinski definition) is 6. The number of nitrogens with one attached hydrogen (secondary N) is 2. The zero-order valence-corrected chi connectivity index (χ0v) is 16.1. The molecule has 4 aromatic rings. The highest BCUT2D eigenvalue weighted by atomic mass is 79.9. The molecule has 0 aliphatic carbocycles. The summed E-state index contributed by atoms with van der Waals surface area (Å²) in [5.41, 5.74) is 1.19. The first-order valence-electron chi connectivity index (χ1n) is 8.38. The topological polar surface area (TPSA) is 93.0 Å². The number of benzene rings is 3. The Morgan fingerprint density at radius 3 is 2.29 bits per heavy atom. The van der Waals surface area contributed by atoms with Gasteiger partial charge in [0, 0.05) is 21.2 Å². The Balaban J connectivity index is 1.74. The van der Waals surface area contributed by atoms with Gasteiger partial charge in [-0.25, -0.2) is 9.97 Å². The van der Waals surface area contributed by atoms with E-state index in [0.717, 1.165) is 20.9 Å². The molecule has 0 amide bonds. The third-order valence-corrected chi connectivity index (χ3v) is 4.68. The van der Waals surface area contributed by atoms with Gasteiger partial charge < -0.3 is 10.6 Å². The first-order chi connectivity index (χ1) is 13.6. The van der Waals surface area contributed by atoms with Crippen LogP contribution in [0.2, 0.25) is 0 Å². The van der Waals surface area contributed by atoms with Crippen molar-refractivity contribution in [2.24, 2.45) is 0 Å². The van der Waals surface area contributed by atoms with Crippen LogP contribution in [-0.4, -0.2) is 14.9 Å². The highest BCUT2D eigenvalue weighted by Gasteiger charge is 2.23. The Morgan fingerprint density at radius 2 is 1.54 bits per heavy atom. The second-order valence-electron chi connectivity index (χ2n) is 5.96. The summed E-state index contributed by atoms with van der Waals surface area (Å²) in [7, 11) is 0. The summed E-state index contributed by atoms with van der Waals surface area (Å²) in [6.45, 7) is 0. The number of fused-ring (bicyclic) bond motifs is 1. The monoisotopic (exact) mass is 435 g/mol. The van der Waals surface area contributed by atoms with Gasteiger partial charge in [-0.1, -0.05) is 52.3 Å². The van der Waals surface area contributed by atoms with Crippen molar-refractivity contribution in [2.75, 3.05) is 10.6 Å². The maximum absolute atomic E-state index is 11.8. The fourth-order valence-corrected chi connectivity index (χ4v) is 3.13. The van der Waals surface area contributed by atoms with Gasteiger partial charge in [-0.15, -0.1) is 0 Å². The van der Waals surface area contributed by atoms with Gasteiger partial charge in [0.05, 0.1) is 4.92 Å². The van der Waals surface area contributed by atoms with E-state index >= 15 is 0 Å². The van der Waals surface area contributed by atoms with Gasteiger partial charge in [0.2, 0.25) is 11.6 Å². The van der Waals surface area contributed by atoms with Crippen LogP contribution in [-0.2, 0) is 0 Å². The van der Waals surface area contributed by atoms with Crippen molar-refractivity contribution >= 4 is 55.4 Å². The van der Waals surface area contributed by atoms with E-state index in [1.807, 2.05) is 54.6 Å². The summed E-state index contributed by atoms with van der Waals surface area (Å²) in [5.74, 6) is 0.237. The molecule has 0 bridgehead atoms. The third-order valence-electron chi connectivity index (χ3n) is 4.15. The molecule has 0 saturated carbocycles. The van der Waals surface area contributed by atoms with Crippen LogP contribution in [0.5, 0.6) is 0 Å². The standard InChI is InChI=1S/C20H14BrN5O2/c21-14-8-10-15(11-9-14)24-19-18(26(27)28)20(23-12-22-19)25-17-7-3-5-13-4-1-2-6-16(13)17/h1-12H,(H2,22,23,24,25). The van der Waals surface area contributed by atoms with Crippen molar-refractivity contribution in [3.8, 4) is 0 Å². The maximum Gasteiger partial charge on any atom is 0.353 e. The molecule has 28 heavy (non-hydrogen) atoms. The summed E-state index contributed by atoms with van der Waals surface area (Å²) < 4.78 is 0.911. The molecule has 1 heterocycles. The predicted octanol–water partition coefficient (Wildman–Crippen LogP) is 5.79. The first-order valence-corrected chi connectivity index (χ1v) is 9.18. The highest BCUT2D eigenvalue weighted by Crippen LogP contribution is 2.34. The van der Waals surface area contributed by atoms with Gasteiger partial charge in [0.25, 0.3) is 0 Å². The zero-order chi connectivity index (χ0) is 19.5. The molecule has 0 unspecified atom stereocenters. The maximum atomic E-state index is 11.8. The van der Waals surface area contributed by atoms with Crippen LogP contribution in [0.3, 0.4) is 0 Å². The van der Waals surface area contributed by atoms with Gasteiger partial charge in [0.15, 0.2) is 0 Å². The normalized spacial score (nSPS) is 10.6. The van der Waals surface area contributed by atoms with Gasteiger partial charge in [-0.2, -0.15) is 0 Å². The summed E-state index contributed by atoms with van der Waals surface area (Å²) in [5, 5.41) is 19.8. The van der Waals surface area contributed by atoms with Crippen LogP contribution in [0.25, 0.3) is 10.8 Å². The Morgan fingerprint density at radius 1 is 0.857 bits per heavy atom. The van der Waals surface area contributed by atoms with Crippen LogP contribution in [0, 0.1) is 10.1 Å². The Labute approximate surface area is 168 Å². The van der Waals surface area contributed by atoms with Crippen molar-refractivity contribution in [1.82, 2.24) is 9.97 Å². The van der Waals surface area contributed by atoms with E-state index in [1.54, 1.807) is 12.1 Å². The lowest BCUT2D eigenvalue weighted by Crippen LogP contribution is -2.05. The zero-order valence-electron chi connectivity index (χ0n) is 14.5. The van der Waals surface area contributed by atoms with Gasteiger partial charge >= 0.3 is 5.69 Å². The molecule has 0 atom stereocenters. The quantitative estimate of drug-likeness (QED) is 0.304. The average molecular weight is 436 g/mol. The van der Waals surface area contributed by atoms with Crippen LogP contribution in [0.15, 0.2) is 77.5 Å². The number of anilines is 4. The third kappa shape index (κ3) is 3.63. The van der Waals surface area contributed by atoms with E-state index in [9.17, 15) is 10.1 Å². The number of rotatable bonds is 5. The van der Waals surface area contributed by atoms with E-state index in [-0.39, 0.29) is 17.3 Å². The molecule has 0 fully saturated rings. The molecule has 7 nitrogen and oxygen atoms in total. The summed E-state index contributed by atoms with van der Waals surface area (Å²) in [6, 6.07) is 20.8. The second-order valence-corrected chi connectivity index (χ2v) is 6.88. The average Bonchev–Trinajstić information content (AvgIpc) is 2.70. The number of hydrogen-bond donors (Lipinski definition) is 2. The molecule has 4 rings (SSSR count). The minimum atomic E-state index is -0.491. The van der Waals surface area contributed by atoms with Gasteiger partial charge in [-0.05, 0) is 35.7 Å². The molecular formula is C20H14BrN5O2. The van der Waals surface area contributed by atoms with Crippen LogP contribution >= 0.6 is 15.9 Å². The lowest BCUT2D eigenvalue weighted by Gasteiger charge is -2.12. The van der Waals surface area contributed by atoms with E-state index in [1.165, 1.54) is 6.33 Å². The lowest BCUT2D eigenvalue weighted by molar-refractivity contribution is -0.383. The largest absolute Gasteiger partial charge is 0.353 e. The molecule has 2 N–H and O–H groups in total. The fraction of sp³-hybridized carbons (Fsp3) is 0. The van der Waals surface area contributed by atoms with Crippen LogP contribution in [0.1, 0.15) is 0 Å². The van der Waals surface area contributed by atoms with Gasteiger partial charge in [0.1, 0.15) is 6.33 Å². The van der Waals surface area contributed by atoms with E-state index in [4.69, 9.17) is 0 Å².